The summed E-state index contributed by atoms with van der Waals surface area (Å²) in [4.78, 5) is 17.7. The summed E-state index contributed by atoms with van der Waals surface area (Å²) < 4.78 is 34.7. The molecule has 0 aliphatic carbocycles. The summed E-state index contributed by atoms with van der Waals surface area (Å²) in [5.74, 6) is 0.198. The van der Waals surface area contributed by atoms with Crippen LogP contribution in [0.2, 0.25) is 0 Å². The van der Waals surface area contributed by atoms with E-state index in [1.54, 1.807) is 54.6 Å². The maximum Gasteiger partial charge on any atom is 0.265 e. The third-order valence-electron chi connectivity index (χ3n) is 5.92. The number of sulfonamides is 1. The van der Waals surface area contributed by atoms with Gasteiger partial charge in [-0.1, -0.05) is 54.6 Å². The molecule has 0 unspecified atom stereocenters. The Morgan fingerprint density at radius 3 is 2.38 bits per heavy atom. The van der Waals surface area contributed by atoms with Gasteiger partial charge in [0.15, 0.2) is 0 Å². The number of benzene rings is 4. The smallest absolute Gasteiger partial charge is 0.265 e. The molecule has 1 heterocycles. The van der Waals surface area contributed by atoms with E-state index in [-0.39, 0.29) is 4.90 Å². The Hall–Kier alpha value is -4.43. The van der Waals surface area contributed by atoms with Crippen molar-refractivity contribution in [3.8, 4) is 5.75 Å². The van der Waals surface area contributed by atoms with E-state index in [0.717, 1.165) is 20.6 Å². The molecule has 4 aromatic carbocycles. The summed E-state index contributed by atoms with van der Waals surface area (Å²) in [5.41, 5.74) is 1.56. The number of aromatic nitrogens is 1. The van der Waals surface area contributed by atoms with Crippen LogP contribution in [-0.2, 0) is 14.8 Å². The second kappa shape index (κ2) is 10.3. The number of rotatable bonds is 8. The van der Waals surface area contributed by atoms with Crippen LogP contribution in [0.4, 0.5) is 11.4 Å². The van der Waals surface area contributed by atoms with Gasteiger partial charge >= 0.3 is 0 Å². The van der Waals surface area contributed by atoms with Gasteiger partial charge in [-0.05, 0) is 54.8 Å². The number of anilines is 2. The molecule has 5 rings (SSSR count). The Morgan fingerprint density at radius 2 is 1.59 bits per heavy atom. The standard InChI is InChI=1S/C29H25N3O4S/c1-2-36-25-16-14-23(15-17-25)31-29(33)20-32(24-18-22-9-4-6-12-27(22)30-19-24)37(34,35)28-13-7-10-21-8-3-5-11-26(21)28/h3-19H,2,20H2,1H3,(H,31,33). The van der Waals surface area contributed by atoms with Gasteiger partial charge in [-0.25, -0.2) is 8.42 Å². The molecule has 0 spiro atoms. The maximum absolute atomic E-state index is 14.1. The molecule has 7 nitrogen and oxygen atoms in total. The van der Waals surface area contributed by atoms with Crippen molar-refractivity contribution in [1.82, 2.24) is 4.98 Å². The van der Waals surface area contributed by atoms with Gasteiger partial charge in [-0.15, -0.1) is 0 Å². The van der Waals surface area contributed by atoms with Crippen LogP contribution in [0.15, 0.2) is 108 Å². The van der Waals surface area contributed by atoms with Crippen LogP contribution in [0.3, 0.4) is 0 Å². The van der Waals surface area contributed by atoms with E-state index in [1.807, 2.05) is 49.4 Å². The number of nitrogens with zero attached hydrogens (tertiary/aromatic N) is 2. The zero-order valence-electron chi connectivity index (χ0n) is 20.2. The molecule has 5 aromatic rings. The van der Waals surface area contributed by atoms with Crippen molar-refractivity contribution in [2.24, 2.45) is 0 Å². The summed E-state index contributed by atoms with van der Waals surface area (Å²) in [6.45, 7) is 1.99. The van der Waals surface area contributed by atoms with Gasteiger partial charge in [0, 0.05) is 16.5 Å². The predicted octanol–water partition coefficient (Wildman–Crippen LogP) is 5.62. The Morgan fingerprint density at radius 1 is 0.892 bits per heavy atom. The second-order valence-electron chi connectivity index (χ2n) is 8.38. The molecule has 0 atom stereocenters. The lowest BCUT2D eigenvalue weighted by Crippen LogP contribution is -2.38. The van der Waals surface area contributed by atoms with E-state index in [9.17, 15) is 13.2 Å². The lowest BCUT2D eigenvalue weighted by atomic mass is 10.1. The van der Waals surface area contributed by atoms with Crippen molar-refractivity contribution in [1.29, 1.82) is 0 Å². The minimum absolute atomic E-state index is 0.118. The number of fused-ring (bicyclic) bond motifs is 2. The first kappa shape index (κ1) is 24.3. The van der Waals surface area contributed by atoms with Gasteiger partial charge < -0.3 is 10.1 Å². The minimum Gasteiger partial charge on any atom is -0.494 e. The van der Waals surface area contributed by atoms with Crippen molar-refractivity contribution < 1.29 is 17.9 Å². The Bertz CT molecular complexity index is 1680. The summed E-state index contributed by atoms with van der Waals surface area (Å²) >= 11 is 0. The predicted molar refractivity (Wildman–Crippen MR) is 146 cm³/mol. The molecule has 0 bridgehead atoms. The highest BCUT2D eigenvalue weighted by molar-refractivity contribution is 7.93. The first-order valence-corrected chi connectivity index (χ1v) is 13.3. The van der Waals surface area contributed by atoms with Crippen molar-refractivity contribution >= 4 is 49.0 Å². The SMILES string of the molecule is CCOc1ccc(NC(=O)CN(c2cnc3ccccc3c2)S(=O)(=O)c2cccc3ccccc23)cc1. The highest BCUT2D eigenvalue weighted by atomic mass is 32.2. The quantitative estimate of drug-likeness (QED) is 0.292. The number of hydrogen-bond acceptors (Lipinski definition) is 5. The number of nitrogens with one attached hydrogen (secondary N) is 1. The molecule has 1 aromatic heterocycles. The molecule has 8 heteroatoms. The van der Waals surface area contributed by atoms with Crippen LogP contribution >= 0.6 is 0 Å². The first-order valence-electron chi connectivity index (χ1n) is 11.8. The van der Waals surface area contributed by atoms with E-state index < -0.39 is 22.5 Å². The van der Waals surface area contributed by atoms with Crippen LogP contribution in [0.1, 0.15) is 6.92 Å². The molecule has 0 saturated carbocycles. The average Bonchev–Trinajstić information content (AvgIpc) is 2.92. The molecule has 0 aliphatic heterocycles. The van der Waals surface area contributed by atoms with Crippen molar-refractivity contribution in [2.75, 3.05) is 22.8 Å². The zero-order chi connectivity index (χ0) is 25.8. The number of amides is 1. The molecule has 1 amide bonds. The molecule has 186 valence electrons. The number of ether oxygens (including phenoxy) is 1. The molecule has 0 fully saturated rings. The molecular weight excluding hydrogens is 486 g/mol. The maximum atomic E-state index is 14.1. The van der Waals surface area contributed by atoms with Crippen LogP contribution in [0.5, 0.6) is 5.75 Å². The summed E-state index contributed by atoms with van der Waals surface area (Å²) in [6, 6.07) is 28.5. The van der Waals surface area contributed by atoms with E-state index in [4.69, 9.17) is 4.74 Å². The summed E-state index contributed by atoms with van der Waals surface area (Å²) in [5, 5.41) is 4.93. The molecule has 1 N–H and O–H groups in total. The molecule has 37 heavy (non-hydrogen) atoms. The highest BCUT2D eigenvalue weighted by Crippen LogP contribution is 2.30. The average molecular weight is 512 g/mol. The van der Waals surface area contributed by atoms with E-state index in [0.29, 0.717) is 29.1 Å². The van der Waals surface area contributed by atoms with Crippen LogP contribution in [-0.4, -0.2) is 32.5 Å². The molecular formula is C29H25N3O4S. The number of carbonyl (C=O) groups is 1. The zero-order valence-corrected chi connectivity index (χ0v) is 21.0. The summed E-state index contributed by atoms with van der Waals surface area (Å²) in [6.07, 6.45) is 1.48. The first-order chi connectivity index (χ1) is 18.0. The van der Waals surface area contributed by atoms with Crippen molar-refractivity contribution in [3.63, 3.8) is 0 Å². The van der Waals surface area contributed by atoms with Gasteiger partial charge in [-0.3, -0.25) is 14.1 Å². The van der Waals surface area contributed by atoms with Gasteiger partial charge in [0.05, 0.1) is 28.9 Å². The summed E-state index contributed by atoms with van der Waals surface area (Å²) in [7, 11) is -4.14. The van der Waals surface area contributed by atoms with Gasteiger partial charge in [0.1, 0.15) is 12.3 Å². The largest absolute Gasteiger partial charge is 0.494 e. The van der Waals surface area contributed by atoms with Gasteiger partial charge in [0.25, 0.3) is 10.0 Å². The van der Waals surface area contributed by atoms with Gasteiger partial charge in [0.2, 0.25) is 5.91 Å². The normalized spacial score (nSPS) is 11.4. The van der Waals surface area contributed by atoms with Crippen LogP contribution < -0.4 is 14.4 Å². The Kier molecular flexibility index (Phi) is 6.74. The monoisotopic (exact) mass is 511 g/mol. The minimum atomic E-state index is -4.14. The third kappa shape index (κ3) is 5.10. The molecule has 0 saturated heterocycles. The van der Waals surface area contributed by atoms with Crippen LogP contribution in [0.25, 0.3) is 21.7 Å². The number of hydrogen-bond donors (Lipinski definition) is 1. The third-order valence-corrected chi connectivity index (χ3v) is 7.75. The Balaban J connectivity index is 1.54. The van der Waals surface area contributed by atoms with Gasteiger partial charge in [-0.2, -0.15) is 0 Å². The molecule has 0 aliphatic rings. The van der Waals surface area contributed by atoms with E-state index in [1.165, 1.54) is 6.20 Å². The van der Waals surface area contributed by atoms with E-state index in [2.05, 4.69) is 10.3 Å². The van der Waals surface area contributed by atoms with Crippen molar-refractivity contribution in [2.45, 2.75) is 11.8 Å². The lowest BCUT2D eigenvalue weighted by Gasteiger charge is -2.25. The number of para-hydroxylation sites is 1. The van der Waals surface area contributed by atoms with Crippen molar-refractivity contribution in [3.05, 3.63) is 103 Å². The Labute approximate surface area is 215 Å². The fourth-order valence-corrected chi connectivity index (χ4v) is 5.80. The highest BCUT2D eigenvalue weighted by Gasteiger charge is 2.29. The fraction of sp³-hybridized carbons (Fsp3) is 0.103. The van der Waals surface area contributed by atoms with E-state index >= 15 is 0 Å². The number of pyridine rings is 1. The van der Waals surface area contributed by atoms with Crippen LogP contribution in [0, 0.1) is 0 Å². The number of carbonyl (C=O) groups excluding carboxylic acids is 1. The fourth-order valence-electron chi connectivity index (χ4n) is 4.18. The molecule has 0 radical (unpaired) electrons. The topological polar surface area (TPSA) is 88.6 Å². The second-order valence-corrected chi connectivity index (χ2v) is 10.2. The lowest BCUT2D eigenvalue weighted by molar-refractivity contribution is -0.114.